The number of nitrogens with zero attached hydrogens (tertiary/aromatic N) is 3. The molecule has 0 N–H and O–H groups in total. The molecule has 0 radical (unpaired) electrons. The minimum absolute atomic E-state index is 0.351. The van der Waals surface area contributed by atoms with Crippen molar-refractivity contribution >= 4 is 11.0 Å². The molecule has 1 aromatic carbocycles. The third kappa shape index (κ3) is 2.24. The van der Waals surface area contributed by atoms with Crippen LogP contribution in [0.1, 0.15) is 5.56 Å². The molecular formula is C17H15N3O3. The Morgan fingerprint density at radius 1 is 1.04 bits per heavy atom. The van der Waals surface area contributed by atoms with Gasteiger partial charge in [-0.2, -0.15) is 0 Å². The lowest BCUT2D eigenvalue weighted by Gasteiger charge is -1.98. The van der Waals surface area contributed by atoms with Crippen LogP contribution < -0.4 is 0 Å². The number of hydrogen-bond acceptors (Lipinski definition) is 5. The van der Waals surface area contributed by atoms with Crippen LogP contribution >= 0.6 is 0 Å². The van der Waals surface area contributed by atoms with Crippen molar-refractivity contribution in [3.63, 3.8) is 0 Å². The average molecular weight is 309 g/mol. The monoisotopic (exact) mass is 309 g/mol. The second-order valence-electron chi connectivity index (χ2n) is 5.26. The Kier molecular flexibility index (Phi) is 3.24. The van der Waals surface area contributed by atoms with Crippen LogP contribution in [0.2, 0.25) is 0 Å². The highest BCUT2D eigenvalue weighted by molar-refractivity contribution is 5.86. The van der Waals surface area contributed by atoms with Crippen molar-refractivity contribution < 1.29 is 13.6 Å². The summed E-state index contributed by atoms with van der Waals surface area (Å²) in [5.74, 6) is 1.36. The third-order valence-corrected chi connectivity index (χ3v) is 3.77. The number of hydrogen-bond donors (Lipinski definition) is 0. The predicted octanol–water partition coefficient (Wildman–Crippen LogP) is 3.63. The smallest absolute Gasteiger partial charge is 0.284 e. The summed E-state index contributed by atoms with van der Waals surface area (Å²) in [5, 5.41) is 9.26. The van der Waals surface area contributed by atoms with Gasteiger partial charge in [0.25, 0.3) is 11.8 Å². The molecular weight excluding hydrogens is 294 g/mol. The molecule has 116 valence electrons. The van der Waals surface area contributed by atoms with Gasteiger partial charge in [-0.1, -0.05) is 18.2 Å². The van der Waals surface area contributed by atoms with Gasteiger partial charge >= 0.3 is 0 Å². The lowest BCUT2D eigenvalue weighted by molar-refractivity contribution is 0.185. The maximum absolute atomic E-state index is 5.92. The first-order valence-electron chi connectivity index (χ1n) is 7.23. The van der Waals surface area contributed by atoms with Crippen LogP contribution in [0.3, 0.4) is 0 Å². The fraction of sp³-hybridized carbons (Fsp3) is 0.176. The topological polar surface area (TPSA) is 66.2 Å². The van der Waals surface area contributed by atoms with Crippen LogP contribution in [0.15, 0.2) is 51.4 Å². The van der Waals surface area contributed by atoms with Crippen LogP contribution in [0.5, 0.6) is 0 Å². The zero-order valence-electron chi connectivity index (χ0n) is 12.8. The Labute approximate surface area is 132 Å². The van der Waals surface area contributed by atoms with Gasteiger partial charge in [0, 0.05) is 31.3 Å². The molecule has 0 spiro atoms. The highest BCUT2D eigenvalue weighted by atomic mass is 16.5. The van der Waals surface area contributed by atoms with Crippen LogP contribution in [-0.4, -0.2) is 21.9 Å². The normalized spacial score (nSPS) is 11.4. The van der Waals surface area contributed by atoms with E-state index in [2.05, 4.69) is 10.2 Å². The van der Waals surface area contributed by atoms with Crippen molar-refractivity contribution in [1.29, 1.82) is 0 Å². The molecule has 0 amide bonds. The SMILES string of the molecule is COCc1c(-c2nnc(-c3cccn3C)o2)oc2ccccc12. The van der Waals surface area contributed by atoms with Crippen LogP contribution in [0, 0.1) is 0 Å². The largest absolute Gasteiger partial charge is 0.451 e. The number of methoxy groups -OCH3 is 1. The van der Waals surface area contributed by atoms with E-state index >= 15 is 0 Å². The van der Waals surface area contributed by atoms with Crippen molar-refractivity contribution in [2.24, 2.45) is 7.05 Å². The van der Waals surface area contributed by atoms with Gasteiger partial charge in [0.05, 0.1) is 6.61 Å². The molecule has 6 heteroatoms. The van der Waals surface area contributed by atoms with Crippen molar-refractivity contribution in [2.75, 3.05) is 7.11 Å². The number of fused-ring (bicyclic) bond motifs is 1. The van der Waals surface area contributed by atoms with E-state index < -0.39 is 0 Å². The Balaban J connectivity index is 1.85. The van der Waals surface area contributed by atoms with E-state index in [1.54, 1.807) is 7.11 Å². The lowest BCUT2D eigenvalue weighted by Crippen LogP contribution is -1.89. The minimum atomic E-state index is 0.351. The van der Waals surface area contributed by atoms with E-state index in [1.165, 1.54) is 0 Å². The summed E-state index contributed by atoms with van der Waals surface area (Å²) in [6.07, 6.45) is 1.93. The molecule has 0 saturated heterocycles. The summed E-state index contributed by atoms with van der Waals surface area (Å²) in [6, 6.07) is 11.6. The first-order valence-corrected chi connectivity index (χ1v) is 7.23. The summed E-state index contributed by atoms with van der Waals surface area (Å²) >= 11 is 0. The van der Waals surface area contributed by atoms with Crippen LogP contribution in [0.4, 0.5) is 0 Å². The van der Waals surface area contributed by atoms with E-state index in [-0.39, 0.29) is 0 Å². The summed E-state index contributed by atoms with van der Waals surface area (Å²) < 4.78 is 19.0. The lowest BCUT2D eigenvalue weighted by atomic mass is 10.1. The molecule has 0 bridgehead atoms. The summed E-state index contributed by atoms with van der Waals surface area (Å²) in [4.78, 5) is 0. The zero-order valence-corrected chi connectivity index (χ0v) is 12.8. The van der Waals surface area contributed by atoms with Gasteiger partial charge in [0.1, 0.15) is 11.3 Å². The molecule has 3 aromatic heterocycles. The number of para-hydroxylation sites is 1. The van der Waals surface area contributed by atoms with Crippen molar-refractivity contribution in [2.45, 2.75) is 6.61 Å². The molecule has 0 atom stereocenters. The van der Waals surface area contributed by atoms with E-state index in [0.29, 0.717) is 24.1 Å². The number of rotatable bonds is 4. The summed E-state index contributed by atoms with van der Waals surface area (Å²) in [6.45, 7) is 0.411. The molecule has 3 heterocycles. The molecule has 23 heavy (non-hydrogen) atoms. The molecule has 6 nitrogen and oxygen atoms in total. The second-order valence-corrected chi connectivity index (χ2v) is 5.26. The fourth-order valence-electron chi connectivity index (χ4n) is 2.66. The summed E-state index contributed by atoms with van der Waals surface area (Å²) in [7, 11) is 3.57. The maximum atomic E-state index is 5.92. The van der Waals surface area contributed by atoms with E-state index in [4.69, 9.17) is 13.6 Å². The summed E-state index contributed by atoms with van der Waals surface area (Å²) in [5.41, 5.74) is 2.53. The standard InChI is InChI=1S/C17H15N3O3/c1-20-9-5-7-13(20)16-18-19-17(23-16)15-12(10-21-2)11-6-3-4-8-14(11)22-15/h3-9H,10H2,1-2H3. The van der Waals surface area contributed by atoms with Gasteiger partial charge in [-0.25, -0.2) is 0 Å². The molecule has 0 aliphatic carbocycles. The highest BCUT2D eigenvalue weighted by Gasteiger charge is 2.21. The first-order chi connectivity index (χ1) is 11.3. The van der Waals surface area contributed by atoms with Gasteiger partial charge in [0.2, 0.25) is 0 Å². The number of aryl methyl sites for hydroxylation is 1. The minimum Gasteiger partial charge on any atom is -0.451 e. The van der Waals surface area contributed by atoms with E-state index in [9.17, 15) is 0 Å². The number of benzene rings is 1. The Hall–Kier alpha value is -2.86. The molecule has 0 aliphatic heterocycles. The Morgan fingerprint density at radius 3 is 2.65 bits per heavy atom. The van der Waals surface area contributed by atoms with Gasteiger partial charge < -0.3 is 18.1 Å². The number of furan rings is 1. The Bertz CT molecular complexity index is 964. The van der Waals surface area contributed by atoms with Crippen molar-refractivity contribution in [3.8, 4) is 23.2 Å². The van der Waals surface area contributed by atoms with E-state index in [1.807, 2.05) is 54.2 Å². The molecule has 0 fully saturated rings. The van der Waals surface area contributed by atoms with Crippen LogP contribution in [-0.2, 0) is 18.4 Å². The predicted molar refractivity (Wildman–Crippen MR) is 84.6 cm³/mol. The molecule has 0 saturated carbocycles. The second kappa shape index (κ2) is 5.40. The molecule has 4 rings (SSSR count). The zero-order chi connectivity index (χ0) is 15.8. The maximum Gasteiger partial charge on any atom is 0.284 e. The highest BCUT2D eigenvalue weighted by Crippen LogP contribution is 2.34. The number of aromatic nitrogens is 3. The molecule has 0 aliphatic rings. The average Bonchev–Trinajstić information content (AvgIpc) is 3.26. The Morgan fingerprint density at radius 2 is 1.87 bits per heavy atom. The van der Waals surface area contributed by atoms with Gasteiger partial charge in [-0.15, -0.1) is 10.2 Å². The first kappa shape index (κ1) is 13.8. The van der Waals surface area contributed by atoms with Gasteiger partial charge in [-0.3, -0.25) is 0 Å². The van der Waals surface area contributed by atoms with Gasteiger partial charge in [-0.05, 0) is 18.2 Å². The number of ether oxygens (including phenoxy) is 1. The van der Waals surface area contributed by atoms with E-state index in [0.717, 1.165) is 22.2 Å². The van der Waals surface area contributed by atoms with Gasteiger partial charge in [0.15, 0.2) is 5.76 Å². The van der Waals surface area contributed by atoms with Crippen molar-refractivity contribution in [1.82, 2.24) is 14.8 Å². The van der Waals surface area contributed by atoms with Crippen LogP contribution in [0.25, 0.3) is 34.2 Å². The quantitative estimate of drug-likeness (QED) is 0.576. The van der Waals surface area contributed by atoms with Crippen molar-refractivity contribution in [3.05, 3.63) is 48.2 Å². The molecule has 4 aromatic rings. The molecule has 0 unspecified atom stereocenters. The fourth-order valence-corrected chi connectivity index (χ4v) is 2.66. The third-order valence-electron chi connectivity index (χ3n) is 3.77.